The normalized spacial score (nSPS) is 12.4. The van der Waals surface area contributed by atoms with Gasteiger partial charge in [-0.3, -0.25) is 0 Å². The van der Waals surface area contributed by atoms with Crippen molar-refractivity contribution in [1.82, 2.24) is 9.97 Å². The highest BCUT2D eigenvalue weighted by atomic mass is 79.9. The molecule has 0 radical (unpaired) electrons. The van der Waals surface area contributed by atoms with Crippen LogP contribution in [0.3, 0.4) is 0 Å². The molecule has 1 atom stereocenters. The highest BCUT2D eigenvalue weighted by molar-refractivity contribution is 9.10. The summed E-state index contributed by atoms with van der Waals surface area (Å²) in [5.74, 6) is 0. The molecular formula is C12H12BrN3S. The molecule has 0 fully saturated rings. The third-order valence-electron chi connectivity index (χ3n) is 2.24. The smallest absolute Gasteiger partial charge is 0.116 e. The Kier molecular flexibility index (Phi) is 4.15. The molecule has 2 rings (SSSR count). The summed E-state index contributed by atoms with van der Waals surface area (Å²) in [5.41, 5.74) is 6.97. The van der Waals surface area contributed by atoms with Crippen molar-refractivity contribution >= 4 is 27.7 Å². The molecule has 0 bridgehead atoms. The van der Waals surface area contributed by atoms with Gasteiger partial charge in [-0.25, -0.2) is 9.97 Å². The van der Waals surface area contributed by atoms with Gasteiger partial charge in [0.25, 0.3) is 0 Å². The first-order chi connectivity index (χ1) is 8.16. The molecule has 0 amide bonds. The Bertz CT molecular complexity index is 502. The van der Waals surface area contributed by atoms with Gasteiger partial charge < -0.3 is 5.73 Å². The van der Waals surface area contributed by atoms with Crippen LogP contribution in [0.25, 0.3) is 0 Å². The lowest BCUT2D eigenvalue weighted by Crippen LogP contribution is -2.05. The molecule has 1 unspecified atom stereocenters. The average Bonchev–Trinajstić information content (AvgIpc) is 2.30. The minimum absolute atomic E-state index is 0.0301. The Labute approximate surface area is 113 Å². The summed E-state index contributed by atoms with van der Waals surface area (Å²) in [5, 5.41) is 0.931. The van der Waals surface area contributed by atoms with E-state index in [9.17, 15) is 0 Å². The summed E-state index contributed by atoms with van der Waals surface area (Å²) in [6, 6.07) is 8.07. The molecule has 0 saturated carbocycles. The second-order valence-corrected chi connectivity index (χ2v) is 5.57. The Hall–Kier alpha value is -0.910. The maximum Gasteiger partial charge on any atom is 0.116 e. The number of nitrogens with two attached hydrogens (primary N) is 1. The molecule has 17 heavy (non-hydrogen) atoms. The van der Waals surface area contributed by atoms with Crippen molar-refractivity contribution in [2.75, 3.05) is 0 Å². The number of rotatable bonds is 3. The predicted molar refractivity (Wildman–Crippen MR) is 72.9 cm³/mol. The van der Waals surface area contributed by atoms with Crippen LogP contribution in [-0.4, -0.2) is 9.97 Å². The fraction of sp³-hybridized carbons (Fsp3) is 0.167. The molecule has 0 saturated heterocycles. The summed E-state index contributed by atoms with van der Waals surface area (Å²) in [7, 11) is 0. The maximum absolute atomic E-state index is 5.86. The van der Waals surface area contributed by atoms with E-state index in [-0.39, 0.29) is 6.04 Å². The highest BCUT2D eigenvalue weighted by Crippen LogP contribution is 2.31. The van der Waals surface area contributed by atoms with Gasteiger partial charge >= 0.3 is 0 Å². The van der Waals surface area contributed by atoms with E-state index in [1.165, 1.54) is 0 Å². The molecule has 1 aromatic carbocycles. The quantitative estimate of drug-likeness (QED) is 0.883. The second kappa shape index (κ2) is 5.62. The minimum Gasteiger partial charge on any atom is -0.324 e. The van der Waals surface area contributed by atoms with E-state index >= 15 is 0 Å². The van der Waals surface area contributed by atoms with Crippen molar-refractivity contribution < 1.29 is 0 Å². The average molecular weight is 310 g/mol. The van der Waals surface area contributed by atoms with Crippen LogP contribution in [-0.2, 0) is 0 Å². The van der Waals surface area contributed by atoms with E-state index in [2.05, 4.69) is 38.0 Å². The number of benzene rings is 1. The fourth-order valence-electron chi connectivity index (χ4n) is 1.40. The summed E-state index contributed by atoms with van der Waals surface area (Å²) < 4.78 is 1.03. The van der Waals surface area contributed by atoms with Crippen LogP contribution in [0, 0.1) is 0 Å². The van der Waals surface area contributed by atoms with Crippen molar-refractivity contribution in [1.29, 1.82) is 0 Å². The van der Waals surface area contributed by atoms with Gasteiger partial charge in [-0.05, 0) is 30.7 Å². The van der Waals surface area contributed by atoms with E-state index < -0.39 is 0 Å². The van der Waals surface area contributed by atoms with Gasteiger partial charge in [-0.2, -0.15) is 0 Å². The van der Waals surface area contributed by atoms with Crippen LogP contribution in [0.2, 0.25) is 0 Å². The first kappa shape index (κ1) is 12.5. The topological polar surface area (TPSA) is 51.8 Å². The van der Waals surface area contributed by atoms with Crippen molar-refractivity contribution in [3.05, 3.63) is 46.8 Å². The predicted octanol–water partition coefficient (Wildman–Crippen LogP) is 3.41. The Morgan fingerprint density at radius 2 is 2.18 bits per heavy atom. The van der Waals surface area contributed by atoms with Gasteiger partial charge in [0.1, 0.15) is 11.4 Å². The number of nitrogens with zero attached hydrogens (tertiary/aromatic N) is 2. The van der Waals surface area contributed by atoms with E-state index in [1.807, 2.05) is 19.1 Å². The van der Waals surface area contributed by atoms with E-state index in [0.29, 0.717) is 0 Å². The lowest BCUT2D eigenvalue weighted by Gasteiger charge is -2.09. The molecule has 0 aliphatic heterocycles. The Balaban J connectivity index is 2.21. The first-order valence-electron chi connectivity index (χ1n) is 5.15. The lowest BCUT2D eigenvalue weighted by atomic mass is 10.1. The molecule has 88 valence electrons. The van der Waals surface area contributed by atoms with Gasteiger partial charge in [0, 0.05) is 21.6 Å². The number of halogens is 1. The lowest BCUT2D eigenvalue weighted by molar-refractivity contribution is 0.811. The van der Waals surface area contributed by atoms with Gasteiger partial charge in [-0.15, -0.1) is 0 Å². The number of aromatic nitrogens is 2. The van der Waals surface area contributed by atoms with Gasteiger partial charge in [0.05, 0.1) is 0 Å². The summed E-state index contributed by atoms with van der Waals surface area (Å²) >= 11 is 5.14. The van der Waals surface area contributed by atoms with Crippen LogP contribution in [0.1, 0.15) is 18.5 Å². The Morgan fingerprint density at radius 3 is 2.76 bits per heavy atom. The zero-order chi connectivity index (χ0) is 12.3. The maximum atomic E-state index is 5.86. The van der Waals surface area contributed by atoms with Crippen LogP contribution in [0.5, 0.6) is 0 Å². The Morgan fingerprint density at radius 1 is 1.35 bits per heavy atom. The summed E-state index contributed by atoms with van der Waals surface area (Å²) in [6.45, 7) is 1.97. The fourth-order valence-corrected chi connectivity index (χ4v) is 3.07. The molecule has 0 aliphatic rings. The summed E-state index contributed by atoms with van der Waals surface area (Å²) in [6.07, 6.45) is 3.29. The largest absolute Gasteiger partial charge is 0.324 e. The molecular weight excluding hydrogens is 298 g/mol. The number of hydrogen-bond donors (Lipinski definition) is 1. The van der Waals surface area contributed by atoms with Crippen LogP contribution >= 0.6 is 27.7 Å². The van der Waals surface area contributed by atoms with E-state index in [1.54, 1.807) is 24.3 Å². The molecule has 1 heterocycles. The summed E-state index contributed by atoms with van der Waals surface area (Å²) in [4.78, 5) is 9.19. The van der Waals surface area contributed by atoms with Crippen LogP contribution < -0.4 is 5.73 Å². The first-order valence-corrected chi connectivity index (χ1v) is 6.76. The van der Waals surface area contributed by atoms with E-state index in [4.69, 9.17) is 5.73 Å². The van der Waals surface area contributed by atoms with Crippen molar-refractivity contribution in [3.8, 4) is 0 Å². The zero-order valence-corrected chi connectivity index (χ0v) is 11.7. The zero-order valence-electron chi connectivity index (χ0n) is 9.30. The monoisotopic (exact) mass is 309 g/mol. The van der Waals surface area contributed by atoms with Gasteiger partial charge in [0.15, 0.2) is 0 Å². The molecule has 2 aromatic rings. The van der Waals surface area contributed by atoms with Crippen molar-refractivity contribution in [2.45, 2.75) is 22.9 Å². The molecule has 2 N–H and O–H groups in total. The third-order valence-corrected chi connectivity index (χ3v) is 3.87. The molecule has 5 heteroatoms. The molecule has 3 nitrogen and oxygen atoms in total. The standard InChI is InChI=1S/C12H12BrN3S/c1-8(14)10-3-2-9(6-11(10)13)17-12-4-5-15-7-16-12/h2-8H,14H2,1H3. The van der Waals surface area contributed by atoms with Crippen molar-refractivity contribution in [2.24, 2.45) is 5.73 Å². The highest BCUT2D eigenvalue weighted by Gasteiger charge is 2.06. The molecule has 0 spiro atoms. The molecule has 0 aliphatic carbocycles. The van der Waals surface area contributed by atoms with E-state index in [0.717, 1.165) is 20.0 Å². The van der Waals surface area contributed by atoms with Gasteiger partial charge in [0.2, 0.25) is 0 Å². The van der Waals surface area contributed by atoms with Crippen LogP contribution in [0.15, 0.2) is 51.2 Å². The SMILES string of the molecule is CC(N)c1ccc(Sc2ccncn2)cc1Br. The van der Waals surface area contributed by atoms with Crippen molar-refractivity contribution in [3.63, 3.8) is 0 Å². The second-order valence-electron chi connectivity index (χ2n) is 3.62. The minimum atomic E-state index is 0.0301. The number of hydrogen-bond acceptors (Lipinski definition) is 4. The van der Waals surface area contributed by atoms with Crippen LogP contribution in [0.4, 0.5) is 0 Å². The third kappa shape index (κ3) is 3.28. The molecule has 1 aromatic heterocycles. The van der Waals surface area contributed by atoms with Gasteiger partial charge in [-0.1, -0.05) is 33.8 Å².